The van der Waals surface area contributed by atoms with Gasteiger partial charge in [-0.1, -0.05) is 29.9 Å². The Labute approximate surface area is 167 Å². The van der Waals surface area contributed by atoms with Crippen molar-refractivity contribution in [3.05, 3.63) is 57.9 Å². The van der Waals surface area contributed by atoms with Crippen molar-refractivity contribution < 1.29 is 0 Å². The predicted molar refractivity (Wildman–Crippen MR) is 113 cm³/mol. The monoisotopic (exact) mass is 428 g/mol. The van der Waals surface area contributed by atoms with Crippen molar-refractivity contribution in [3.8, 4) is 0 Å². The van der Waals surface area contributed by atoms with Gasteiger partial charge < -0.3 is 16.4 Å². The third-order valence-corrected chi connectivity index (χ3v) is 5.75. The molecule has 0 saturated carbocycles. The average Bonchev–Trinajstić information content (AvgIpc) is 2.94. The van der Waals surface area contributed by atoms with E-state index in [1.54, 1.807) is 6.20 Å². The Hall–Kier alpha value is -1.96. The van der Waals surface area contributed by atoms with Gasteiger partial charge >= 0.3 is 0 Å². The maximum absolute atomic E-state index is 5.76. The highest BCUT2D eigenvalue weighted by Gasteiger charge is 2.19. The summed E-state index contributed by atoms with van der Waals surface area (Å²) in [6, 6.07) is 2.16. The van der Waals surface area contributed by atoms with Gasteiger partial charge in [0.2, 0.25) is 0 Å². The molecule has 0 amide bonds. The molecule has 4 rings (SSSR count). The smallest absolute Gasteiger partial charge is 0.171 e. The van der Waals surface area contributed by atoms with Crippen molar-refractivity contribution in [1.82, 2.24) is 19.9 Å². The first kappa shape index (κ1) is 18.4. The molecule has 1 saturated heterocycles. The molecule has 2 aromatic heterocycles. The first-order valence-corrected chi connectivity index (χ1v) is 10.3. The van der Waals surface area contributed by atoms with Gasteiger partial charge in [-0.05, 0) is 53.9 Å². The van der Waals surface area contributed by atoms with E-state index in [1.807, 2.05) is 4.52 Å². The Balaban J connectivity index is 1.60. The maximum Gasteiger partial charge on any atom is 0.171 e. The Morgan fingerprint density at radius 2 is 2.15 bits per heavy atom. The largest absolute Gasteiger partial charge is 0.366 e. The minimum Gasteiger partial charge on any atom is -0.366 e. The highest BCUT2D eigenvalue weighted by atomic mass is 79.9. The van der Waals surface area contributed by atoms with Crippen molar-refractivity contribution in [1.29, 1.82) is 0 Å². The van der Waals surface area contributed by atoms with E-state index in [1.165, 1.54) is 11.1 Å². The SMILES string of the molecule is NCC1=CC=C(CNc2cc(C3CCNCC3)nc3c(Br)cnn23)C=CC1. The van der Waals surface area contributed by atoms with Gasteiger partial charge in [-0.2, -0.15) is 9.61 Å². The molecule has 0 unspecified atom stereocenters. The van der Waals surface area contributed by atoms with Gasteiger partial charge in [-0.15, -0.1) is 0 Å². The zero-order valence-electron chi connectivity index (χ0n) is 15.3. The summed E-state index contributed by atoms with van der Waals surface area (Å²) < 4.78 is 2.79. The number of hydrogen-bond donors (Lipinski definition) is 3. The van der Waals surface area contributed by atoms with Crippen molar-refractivity contribution in [2.75, 3.05) is 31.5 Å². The van der Waals surface area contributed by atoms with Crippen LogP contribution in [0.15, 0.2) is 52.2 Å². The van der Waals surface area contributed by atoms with E-state index in [0.717, 1.165) is 60.5 Å². The fourth-order valence-corrected chi connectivity index (χ4v) is 3.93. The molecule has 27 heavy (non-hydrogen) atoms. The van der Waals surface area contributed by atoms with Gasteiger partial charge in [-0.3, -0.25) is 0 Å². The second kappa shape index (κ2) is 8.37. The molecule has 0 radical (unpaired) electrons. The van der Waals surface area contributed by atoms with Crippen LogP contribution in [0.2, 0.25) is 0 Å². The van der Waals surface area contributed by atoms with E-state index < -0.39 is 0 Å². The zero-order chi connectivity index (χ0) is 18.6. The van der Waals surface area contributed by atoms with Gasteiger partial charge in [0.25, 0.3) is 0 Å². The summed E-state index contributed by atoms with van der Waals surface area (Å²) in [7, 11) is 0. The summed E-state index contributed by atoms with van der Waals surface area (Å²) in [4.78, 5) is 4.88. The van der Waals surface area contributed by atoms with Crippen LogP contribution in [-0.4, -0.2) is 40.8 Å². The molecule has 0 aromatic carbocycles. The van der Waals surface area contributed by atoms with Gasteiger partial charge in [0.15, 0.2) is 5.65 Å². The lowest BCUT2D eigenvalue weighted by Gasteiger charge is -2.23. The second-order valence-electron chi connectivity index (χ2n) is 7.05. The molecule has 4 N–H and O–H groups in total. The Kier molecular flexibility index (Phi) is 5.71. The molecular weight excluding hydrogens is 404 g/mol. The lowest BCUT2D eigenvalue weighted by Crippen LogP contribution is -2.27. The van der Waals surface area contributed by atoms with Crippen LogP contribution < -0.4 is 16.4 Å². The molecule has 1 aliphatic heterocycles. The second-order valence-corrected chi connectivity index (χ2v) is 7.90. The standard InChI is InChI=1S/C20H25BrN6/c21-17-13-25-27-19(24-12-15-3-1-2-14(11-22)4-5-15)10-18(26-20(17)27)16-6-8-23-9-7-16/h1,3-5,10,13,16,23-24H,2,6-9,11-12,22H2. The molecule has 0 spiro atoms. The summed E-state index contributed by atoms with van der Waals surface area (Å²) in [6.45, 7) is 3.43. The van der Waals surface area contributed by atoms with Crippen LogP contribution in [0.4, 0.5) is 5.82 Å². The Morgan fingerprint density at radius 3 is 2.96 bits per heavy atom. The van der Waals surface area contributed by atoms with Crippen LogP contribution in [0.25, 0.3) is 5.65 Å². The summed E-state index contributed by atoms with van der Waals surface area (Å²) in [6.07, 6.45) is 13.6. The predicted octanol–water partition coefficient (Wildman–Crippen LogP) is 3.14. The molecule has 7 heteroatoms. The topological polar surface area (TPSA) is 80.3 Å². The Bertz CT molecular complexity index is 905. The first-order chi connectivity index (χ1) is 13.2. The van der Waals surface area contributed by atoms with Gasteiger partial charge in [0.1, 0.15) is 5.82 Å². The van der Waals surface area contributed by atoms with Crippen molar-refractivity contribution in [3.63, 3.8) is 0 Å². The highest BCUT2D eigenvalue weighted by Crippen LogP contribution is 2.28. The number of piperidine rings is 1. The van der Waals surface area contributed by atoms with Crippen LogP contribution >= 0.6 is 15.9 Å². The molecule has 0 bridgehead atoms. The number of nitrogens with zero attached hydrogens (tertiary/aromatic N) is 3. The molecule has 1 fully saturated rings. The molecular formula is C20H25BrN6. The number of allylic oxidation sites excluding steroid dienone is 3. The van der Waals surface area contributed by atoms with E-state index in [0.29, 0.717) is 12.5 Å². The van der Waals surface area contributed by atoms with Gasteiger partial charge in [-0.25, -0.2) is 4.98 Å². The van der Waals surface area contributed by atoms with Crippen LogP contribution in [0, 0.1) is 0 Å². The van der Waals surface area contributed by atoms with Crippen LogP contribution in [0.1, 0.15) is 30.9 Å². The summed E-state index contributed by atoms with van der Waals surface area (Å²) in [5.41, 5.74) is 10.2. The zero-order valence-corrected chi connectivity index (χ0v) is 16.9. The van der Waals surface area contributed by atoms with E-state index in [9.17, 15) is 0 Å². The van der Waals surface area contributed by atoms with E-state index in [2.05, 4.69) is 62.0 Å². The maximum atomic E-state index is 5.76. The molecule has 2 aromatic rings. The fourth-order valence-electron chi connectivity index (χ4n) is 3.58. The number of halogens is 1. The number of rotatable bonds is 5. The summed E-state index contributed by atoms with van der Waals surface area (Å²) in [5.74, 6) is 1.46. The van der Waals surface area contributed by atoms with Crippen LogP contribution in [0.3, 0.4) is 0 Å². The van der Waals surface area contributed by atoms with E-state index in [4.69, 9.17) is 10.7 Å². The molecule has 2 aliphatic rings. The number of nitrogens with one attached hydrogen (secondary N) is 2. The van der Waals surface area contributed by atoms with Crippen molar-refractivity contribution >= 4 is 27.4 Å². The fraction of sp³-hybridized carbons (Fsp3) is 0.400. The molecule has 0 atom stereocenters. The normalized spacial score (nSPS) is 18.3. The quantitative estimate of drug-likeness (QED) is 0.681. The number of aromatic nitrogens is 3. The van der Waals surface area contributed by atoms with E-state index in [-0.39, 0.29) is 0 Å². The minimum absolute atomic E-state index is 0.491. The summed E-state index contributed by atoms with van der Waals surface area (Å²) >= 11 is 3.58. The molecule has 1 aliphatic carbocycles. The Morgan fingerprint density at radius 1 is 1.30 bits per heavy atom. The number of nitrogens with two attached hydrogens (primary N) is 1. The third-order valence-electron chi connectivity index (χ3n) is 5.19. The van der Waals surface area contributed by atoms with E-state index >= 15 is 0 Å². The average molecular weight is 429 g/mol. The lowest BCUT2D eigenvalue weighted by molar-refractivity contribution is 0.453. The van der Waals surface area contributed by atoms with Crippen LogP contribution in [-0.2, 0) is 0 Å². The first-order valence-electron chi connectivity index (χ1n) is 9.48. The number of hydrogen-bond acceptors (Lipinski definition) is 5. The molecule has 142 valence electrons. The highest BCUT2D eigenvalue weighted by molar-refractivity contribution is 9.10. The third kappa shape index (κ3) is 4.15. The lowest BCUT2D eigenvalue weighted by atomic mass is 9.94. The van der Waals surface area contributed by atoms with Crippen molar-refractivity contribution in [2.45, 2.75) is 25.2 Å². The molecule has 6 nitrogen and oxygen atoms in total. The molecule has 3 heterocycles. The van der Waals surface area contributed by atoms with Gasteiger partial charge in [0.05, 0.1) is 10.7 Å². The van der Waals surface area contributed by atoms with Crippen molar-refractivity contribution in [2.24, 2.45) is 5.73 Å². The number of fused-ring (bicyclic) bond motifs is 1. The summed E-state index contributed by atoms with van der Waals surface area (Å²) in [5, 5.41) is 11.5. The number of anilines is 1. The van der Waals surface area contributed by atoms with Crippen LogP contribution in [0.5, 0.6) is 0 Å². The van der Waals surface area contributed by atoms with Gasteiger partial charge in [0, 0.05) is 30.8 Å². The minimum atomic E-state index is 0.491.